The molecule has 0 aliphatic carbocycles. The number of methoxy groups -OCH3 is 1. The van der Waals surface area contributed by atoms with Gasteiger partial charge in [-0.05, 0) is 30.4 Å². The van der Waals surface area contributed by atoms with Crippen molar-refractivity contribution in [1.29, 1.82) is 0 Å². The third kappa shape index (κ3) is 6.07. The summed E-state index contributed by atoms with van der Waals surface area (Å²) in [5.41, 5.74) is -7.04. The van der Waals surface area contributed by atoms with Crippen molar-refractivity contribution in [1.82, 2.24) is 0 Å². The van der Waals surface area contributed by atoms with Crippen LogP contribution in [0.4, 0.5) is 48.3 Å². The molecule has 1 aromatic carbocycles. The summed E-state index contributed by atoms with van der Waals surface area (Å²) in [6.45, 7) is 0. The van der Waals surface area contributed by atoms with Gasteiger partial charge in [0.1, 0.15) is 0 Å². The molecule has 33 heavy (non-hydrogen) atoms. The lowest BCUT2D eigenvalue weighted by Crippen LogP contribution is -2.70. The van der Waals surface area contributed by atoms with Gasteiger partial charge in [-0.3, -0.25) is 4.79 Å². The zero-order valence-corrected chi connectivity index (χ0v) is 16.8. The van der Waals surface area contributed by atoms with E-state index in [1.54, 1.807) is 0 Å². The Balaban J connectivity index is 2.92. The molecule has 0 spiro atoms. The minimum absolute atomic E-state index is 0.0933. The molecule has 0 aromatic heterocycles. The lowest BCUT2D eigenvalue weighted by Gasteiger charge is -2.39. The molecule has 0 radical (unpaired) electrons. The number of rotatable bonds is 10. The van der Waals surface area contributed by atoms with Gasteiger partial charge in [0.2, 0.25) is 0 Å². The molecule has 1 rings (SSSR count). The highest BCUT2D eigenvalue weighted by Gasteiger charge is 2.89. The molecule has 0 aliphatic heterocycles. The van der Waals surface area contributed by atoms with E-state index in [0.29, 0.717) is 18.4 Å². The number of carbonyl (C=O) groups is 1. The molecular formula is C19H19F11O3. The van der Waals surface area contributed by atoms with E-state index < -0.39 is 54.8 Å². The minimum atomic E-state index is -7.51. The zero-order chi connectivity index (χ0) is 25.9. The maximum Gasteiger partial charge on any atom is 0.438 e. The normalized spacial score (nSPS) is 14.8. The molecule has 1 atom stereocenters. The lowest BCUT2D eigenvalue weighted by molar-refractivity contribution is -0.427. The summed E-state index contributed by atoms with van der Waals surface area (Å²) in [6, 6.07) is 5.09. The van der Waals surface area contributed by atoms with Gasteiger partial charge in [0.15, 0.2) is 0 Å². The van der Waals surface area contributed by atoms with Crippen LogP contribution in [0, 0.1) is 0 Å². The second kappa shape index (κ2) is 10.0. The topological polar surface area (TPSA) is 46.5 Å². The van der Waals surface area contributed by atoms with Crippen LogP contribution in [0.5, 0.6) is 0 Å². The highest BCUT2D eigenvalue weighted by atomic mass is 19.4. The molecule has 0 saturated heterocycles. The first-order valence-corrected chi connectivity index (χ1v) is 9.23. The molecule has 1 unspecified atom stereocenters. The van der Waals surface area contributed by atoms with Gasteiger partial charge < -0.3 is 9.84 Å². The second-order valence-corrected chi connectivity index (χ2v) is 7.16. The van der Waals surface area contributed by atoms with Gasteiger partial charge >= 0.3 is 35.8 Å². The van der Waals surface area contributed by atoms with Crippen molar-refractivity contribution in [3.8, 4) is 0 Å². The highest BCUT2D eigenvalue weighted by Crippen LogP contribution is 2.60. The van der Waals surface area contributed by atoms with E-state index in [-0.39, 0.29) is 12.0 Å². The summed E-state index contributed by atoms with van der Waals surface area (Å²) in [7, 11) is 1.19. The maximum atomic E-state index is 13.8. The number of carbonyl (C=O) groups excluding carboxylic acids is 1. The number of hydrogen-bond donors (Lipinski definition) is 1. The molecule has 3 nitrogen and oxygen atoms in total. The van der Waals surface area contributed by atoms with Crippen LogP contribution in [0.15, 0.2) is 24.3 Å². The van der Waals surface area contributed by atoms with Gasteiger partial charge in [-0.15, -0.1) is 0 Å². The highest BCUT2D eigenvalue weighted by molar-refractivity contribution is 5.69. The summed E-state index contributed by atoms with van der Waals surface area (Å²) in [5, 5.41) is 9.87. The van der Waals surface area contributed by atoms with Crippen molar-refractivity contribution in [2.45, 2.75) is 68.1 Å². The minimum Gasteiger partial charge on any atom is -0.469 e. The number of aliphatic hydroxyl groups excluding tert-OH is 1. The van der Waals surface area contributed by atoms with Crippen LogP contribution in [0.1, 0.15) is 42.9 Å². The van der Waals surface area contributed by atoms with Crippen LogP contribution in [-0.4, -0.2) is 48.1 Å². The fraction of sp³-hybridized carbons (Fsp3) is 0.632. The quantitative estimate of drug-likeness (QED) is 0.310. The molecule has 14 heteroatoms. The monoisotopic (exact) mass is 504 g/mol. The van der Waals surface area contributed by atoms with Crippen LogP contribution >= 0.6 is 0 Å². The van der Waals surface area contributed by atoms with Crippen molar-refractivity contribution < 1.29 is 62.9 Å². The van der Waals surface area contributed by atoms with Crippen molar-refractivity contribution in [2.24, 2.45) is 0 Å². The molecule has 0 heterocycles. The average Bonchev–Trinajstić information content (AvgIpc) is 2.69. The number of alkyl halides is 11. The Morgan fingerprint density at radius 2 is 1.39 bits per heavy atom. The first-order valence-electron chi connectivity index (χ1n) is 9.23. The summed E-state index contributed by atoms with van der Waals surface area (Å²) < 4.78 is 148. The number of esters is 1. The fourth-order valence-corrected chi connectivity index (χ4v) is 2.86. The predicted octanol–water partition coefficient (Wildman–Crippen LogP) is 6.10. The largest absolute Gasteiger partial charge is 0.469 e. The average molecular weight is 504 g/mol. The van der Waals surface area contributed by atoms with Gasteiger partial charge in [0, 0.05) is 12.8 Å². The lowest BCUT2D eigenvalue weighted by atomic mass is 9.87. The van der Waals surface area contributed by atoms with Gasteiger partial charge in [0.25, 0.3) is 0 Å². The molecule has 1 aromatic rings. The summed E-state index contributed by atoms with van der Waals surface area (Å²) in [5.74, 6) is -13.8. The van der Waals surface area contributed by atoms with Gasteiger partial charge in [-0.25, -0.2) is 4.39 Å². The third-order valence-corrected chi connectivity index (χ3v) is 4.84. The second-order valence-electron chi connectivity index (χ2n) is 7.16. The van der Waals surface area contributed by atoms with Crippen LogP contribution in [0.2, 0.25) is 0 Å². The van der Waals surface area contributed by atoms with E-state index in [4.69, 9.17) is 0 Å². The van der Waals surface area contributed by atoms with Gasteiger partial charge in [0.05, 0.1) is 13.2 Å². The molecule has 0 bridgehead atoms. The first kappa shape index (κ1) is 28.9. The van der Waals surface area contributed by atoms with E-state index in [0.717, 1.165) is 0 Å². The molecule has 0 amide bonds. The van der Waals surface area contributed by atoms with Crippen molar-refractivity contribution in [3.63, 3.8) is 0 Å². The van der Waals surface area contributed by atoms with E-state index in [1.807, 2.05) is 0 Å². The smallest absolute Gasteiger partial charge is 0.438 e. The van der Waals surface area contributed by atoms with Crippen LogP contribution in [0.3, 0.4) is 0 Å². The Morgan fingerprint density at radius 3 is 1.82 bits per heavy atom. The first-order chi connectivity index (χ1) is 14.8. The Labute approximate surface area is 180 Å². The molecule has 0 saturated carbocycles. The predicted molar refractivity (Wildman–Crippen MR) is 91.4 cm³/mol. The molecule has 0 aliphatic rings. The Hall–Kier alpha value is -2.12. The summed E-state index contributed by atoms with van der Waals surface area (Å²) in [4.78, 5) is 11.0. The Kier molecular flexibility index (Phi) is 8.78. The standard InChI is InChI=1S/C19H19F11O3/c1-33-14(32)4-2-3-11-5-7-12(8-6-11)13(31)9-10-15(20,21)17(23,24)16(22,18(25,26)27)19(28,29)30/h5-8,13,31H,2-4,9-10H2,1H3. The summed E-state index contributed by atoms with van der Waals surface area (Å²) >= 11 is 0. The number of aliphatic hydroxyl groups is 1. The van der Waals surface area contributed by atoms with Crippen LogP contribution < -0.4 is 0 Å². The number of benzene rings is 1. The van der Waals surface area contributed by atoms with Gasteiger partial charge in [-0.1, -0.05) is 24.3 Å². The third-order valence-electron chi connectivity index (χ3n) is 4.84. The molecule has 1 N–H and O–H groups in total. The van der Waals surface area contributed by atoms with E-state index in [9.17, 15) is 58.2 Å². The van der Waals surface area contributed by atoms with E-state index >= 15 is 0 Å². The summed E-state index contributed by atoms with van der Waals surface area (Å²) in [6.07, 6.45) is -19.7. The number of hydrogen-bond acceptors (Lipinski definition) is 3. The van der Waals surface area contributed by atoms with Crippen molar-refractivity contribution >= 4 is 5.97 Å². The van der Waals surface area contributed by atoms with E-state index in [1.165, 1.54) is 31.4 Å². The van der Waals surface area contributed by atoms with E-state index in [2.05, 4.69) is 4.74 Å². The zero-order valence-electron chi connectivity index (χ0n) is 16.8. The van der Waals surface area contributed by atoms with Crippen LogP contribution in [-0.2, 0) is 16.0 Å². The molecule has 0 fully saturated rings. The molecule has 190 valence electrons. The SMILES string of the molecule is COC(=O)CCCc1ccc(C(O)CCC(F)(F)C(F)(F)C(F)(C(F)(F)F)C(F)(F)F)cc1. The maximum absolute atomic E-state index is 13.8. The van der Waals surface area contributed by atoms with Gasteiger partial charge in [-0.2, -0.15) is 43.9 Å². The van der Waals surface area contributed by atoms with Crippen LogP contribution in [0.25, 0.3) is 0 Å². The molecular weight excluding hydrogens is 485 g/mol. The van der Waals surface area contributed by atoms with Crippen molar-refractivity contribution in [2.75, 3.05) is 7.11 Å². The number of aryl methyl sites for hydroxylation is 1. The Morgan fingerprint density at radius 1 is 0.909 bits per heavy atom. The number of halogens is 11. The number of ether oxygens (including phenoxy) is 1. The fourth-order valence-electron chi connectivity index (χ4n) is 2.86. The van der Waals surface area contributed by atoms with Crippen molar-refractivity contribution in [3.05, 3.63) is 35.4 Å². The Bertz CT molecular complexity index is 772.